The summed E-state index contributed by atoms with van der Waals surface area (Å²) in [6.07, 6.45) is 0. The zero-order chi connectivity index (χ0) is 15.4. The van der Waals surface area contributed by atoms with Crippen molar-refractivity contribution in [3.05, 3.63) is 59.4 Å². The van der Waals surface area contributed by atoms with Crippen LogP contribution in [0.2, 0.25) is 0 Å². The van der Waals surface area contributed by atoms with Gasteiger partial charge in [0.05, 0.1) is 0 Å². The zero-order valence-electron chi connectivity index (χ0n) is 12.0. The van der Waals surface area contributed by atoms with Crippen LogP contribution in [-0.4, -0.2) is 6.03 Å². The highest BCUT2D eigenvalue weighted by Gasteiger charge is 2.07. The van der Waals surface area contributed by atoms with Crippen LogP contribution in [0.1, 0.15) is 24.1 Å². The number of anilines is 2. The number of nitrogens with two attached hydrogens (primary N) is 1. The van der Waals surface area contributed by atoms with Crippen LogP contribution in [0.25, 0.3) is 0 Å². The lowest BCUT2D eigenvalue weighted by atomic mass is 10.1. The van der Waals surface area contributed by atoms with E-state index in [1.165, 1.54) is 18.2 Å². The highest BCUT2D eigenvalue weighted by atomic mass is 19.1. The summed E-state index contributed by atoms with van der Waals surface area (Å²) in [7, 11) is 0. The van der Waals surface area contributed by atoms with Gasteiger partial charge in [0, 0.05) is 17.4 Å². The average Bonchev–Trinajstić information content (AvgIpc) is 2.42. The first-order valence-corrected chi connectivity index (χ1v) is 6.65. The van der Waals surface area contributed by atoms with Gasteiger partial charge in [-0.15, -0.1) is 0 Å². The average molecular weight is 287 g/mol. The third-order valence-electron chi connectivity index (χ3n) is 3.11. The summed E-state index contributed by atoms with van der Waals surface area (Å²) in [6.45, 7) is 3.61. The number of amides is 2. The Labute approximate surface area is 123 Å². The van der Waals surface area contributed by atoms with Crippen molar-refractivity contribution in [1.82, 2.24) is 0 Å². The molecule has 4 nitrogen and oxygen atoms in total. The van der Waals surface area contributed by atoms with Crippen LogP contribution < -0.4 is 16.4 Å². The molecule has 0 fully saturated rings. The van der Waals surface area contributed by atoms with Crippen molar-refractivity contribution in [1.29, 1.82) is 0 Å². The van der Waals surface area contributed by atoms with E-state index in [9.17, 15) is 9.18 Å². The Morgan fingerprint density at radius 1 is 1.19 bits per heavy atom. The number of benzene rings is 2. The van der Waals surface area contributed by atoms with Gasteiger partial charge < -0.3 is 16.4 Å². The van der Waals surface area contributed by atoms with Crippen LogP contribution in [0, 0.1) is 12.7 Å². The molecule has 4 N–H and O–H groups in total. The Bertz CT molecular complexity index is 656. The van der Waals surface area contributed by atoms with Gasteiger partial charge in [-0.05, 0) is 55.3 Å². The van der Waals surface area contributed by atoms with Gasteiger partial charge in [0.15, 0.2) is 0 Å². The molecule has 0 aliphatic rings. The van der Waals surface area contributed by atoms with E-state index in [4.69, 9.17) is 5.73 Å². The van der Waals surface area contributed by atoms with E-state index in [0.29, 0.717) is 16.9 Å². The fraction of sp³-hybridized carbons (Fsp3) is 0.188. The molecule has 21 heavy (non-hydrogen) atoms. The van der Waals surface area contributed by atoms with Gasteiger partial charge in [-0.3, -0.25) is 0 Å². The van der Waals surface area contributed by atoms with E-state index in [2.05, 4.69) is 10.6 Å². The standard InChI is InChI=1S/C16H18FN3O/c1-10-8-13(17)6-7-15(10)20-16(21)19-14-5-3-4-12(9-14)11(2)18/h3-9,11H,18H2,1-2H3,(H2,19,20,21). The maximum Gasteiger partial charge on any atom is 0.323 e. The Kier molecular flexibility index (Phi) is 4.55. The fourth-order valence-corrected chi connectivity index (χ4v) is 1.95. The first-order chi connectivity index (χ1) is 9.95. The molecule has 1 atom stereocenters. The van der Waals surface area contributed by atoms with Crippen molar-refractivity contribution >= 4 is 17.4 Å². The lowest BCUT2D eigenvalue weighted by Crippen LogP contribution is -2.20. The molecule has 0 saturated carbocycles. The second-order valence-electron chi connectivity index (χ2n) is 4.95. The molecule has 0 spiro atoms. The molecule has 0 aliphatic heterocycles. The first-order valence-electron chi connectivity index (χ1n) is 6.65. The topological polar surface area (TPSA) is 67.2 Å². The van der Waals surface area contributed by atoms with Gasteiger partial charge in [-0.2, -0.15) is 0 Å². The highest BCUT2D eigenvalue weighted by molar-refractivity contribution is 6.00. The lowest BCUT2D eigenvalue weighted by Gasteiger charge is -2.12. The van der Waals surface area contributed by atoms with Gasteiger partial charge in [-0.1, -0.05) is 12.1 Å². The molecule has 5 heteroatoms. The third-order valence-corrected chi connectivity index (χ3v) is 3.11. The Morgan fingerprint density at radius 2 is 1.95 bits per heavy atom. The number of rotatable bonds is 3. The number of aryl methyl sites for hydroxylation is 1. The summed E-state index contributed by atoms with van der Waals surface area (Å²) in [5.41, 5.74) is 8.63. The van der Waals surface area contributed by atoms with Crippen molar-refractivity contribution in [2.24, 2.45) is 5.73 Å². The minimum absolute atomic E-state index is 0.103. The summed E-state index contributed by atoms with van der Waals surface area (Å²) in [5, 5.41) is 5.41. The normalized spacial score (nSPS) is 11.8. The van der Waals surface area contributed by atoms with E-state index in [0.717, 1.165) is 5.56 Å². The smallest absolute Gasteiger partial charge is 0.323 e. The van der Waals surface area contributed by atoms with Crippen LogP contribution in [0.4, 0.5) is 20.6 Å². The van der Waals surface area contributed by atoms with E-state index in [1.54, 1.807) is 13.0 Å². The molecule has 0 saturated heterocycles. The molecule has 2 rings (SSSR count). The summed E-state index contributed by atoms with van der Waals surface area (Å²) in [6, 6.07) is 11.1. The molecule has 0 aromatic heterocycles. The number of carbonyl (C=O) groups excluding carboxylic acids is 1. The van der Waals surface area contributed by atoms with Crippen LogP contribution in [0.3, 0.4) is 0 Å². The third kappa shape index (κ3) is 4.03. The van der Waals surface area contributed by atoms with Crippen LogP contribution >= 0.6 is 0 Å². The predicted octanol–water partition coefficient (Wildman–Crippen LogP) is 3.80. The molecular weight excluding hydrogens is 269 g/mol. The van der Waals surface area contributed by atoms with E-state index < -0.39 is 0 Å². The van der Waals surface area contributed by atoms with Gasteiger partial charge in [0.1, 0.15) is 5.82 Å². The molecule has 0 aliphatic carbocycles. The number of carbonyl (C=O) groups is 1. The Balaban J connectivity index is 2.06. The summed E-state index contributed by atoms with van der Waals surface area (Å²) in [5.74, 6) is -0.330. The monoisotopic (exact) mass is 287 g/mol. The van der Waals surface area contributed by atoms with E-state index in [-0.39, 0.29) is 17.9 Å². The second-order valence-corrected chi connectivity index (χ2v) is 4.95. The summed E-state index contributed by atoms with van der Waals surface area (Å²) < 4.78 is 13.0. The largest absolute Gasteiger partial charge is 0.324 e. The quantitative estimate of drug-likeness (QED) is 0.803. The van der Waals surface area contributed by atoms with E-state index >= 15 is 0 Å². The van der Waals surface area contributed by atoms with Crippen molar-refractivity contribution in [2.75, 3.05) is 10.6 Å². The maximum absolute atomic E-state index is 13.0. The minimum atomic E-state index is -0.383. The van der Waals surface area contributed by atoms with Gasteiger partial charge in [0.2, 0.25) is 0 Å². The van der Waals surface area contributed by atoms with Crippen molar-refractivity contribution < 1.29 is 9.18 Å². The molecule has 110 valence electrons. The molecule has 0 bridgehead atoms. The number of halogens is 1. The second kappa shape index (κ2) is 6.37. The van der Waals surface area contributed by atoms with Crippen LogP contribution in [0.5, 0.6) is 0 Å². The number of hydrogen-bond donors (Lipinski definition) is 3. The Morgan fingerprint density at radius 3 is 2.62 bits per heavy atom. The zero-order valence-corrected chi connectivity index (χ0v) is 12.0. The molecule has 0 heterocycles. The van der Waals surface area contributed by atoms with Crippen LogP contribution in [-0.2, 0) is 0 Å². The molecule has 2 aromatic carbocycles. The molecule has 2 aromatic rings. The molecular formula is C16H18FN3O. The first kappa shape index (κ1) is 15.0. The number of hydrogen-bond acceptors (Lipinski definition) is 2. The highest BCUT2D eigenvalue weighted by Crippen LogP contribution is 2.18. The molecule has 2 amide bonds. The fourth-order valence-electron chi connectivity index (χ4n) is 1.95. The summed E-state index contributed by atoms with van der Waals surface area (Å²) in [4.78, 5) is 12.0. The van der Waals surface area contributed by atoms with Gasteiger partial charge >= 0.3 is 6.03 Å². The van der Waals surface area contributed by atoms with Crippen molar-refractivity contribution in [2.45, 2.75) is 19.9 Å². The van der Waals surface area contributed by atoms with E-state index in [1.807, 2.05) is 25.1 Å². The van der Waals surface area contributed by atoms with Crippen molar-refractivity contribution in [3.8, 4) is 0 Å². The van der Waals surface area contributed by atoms with Crippen LogP contribution in [0.15, 0.2) is 42.5 Å². The van der Waals surface area contributed by atoms with Crippen molar-refractivity contribution in [3.63, 3.8) is 0 Å². The van der Waals surface area contributed by atoms with Gasteiger partial charge in [0.25, 0.3) is 0 Å². The summed E-state index contributed by atoms with van der Waals surface area (Å²) >= 11 is 0. The lowest BCUT2D eigenvalue weighted by molar-refractivity contribution is 0.262. The SMILES string of the molecule is Cc1cc(F)ccc1NC(=O)Nc1cccc(C(C)N)c1. The van der Waals surface area contributed by atoms with Gasteiger partial charge in [-0.25, -0.2) is 9.18 Å². The maximum atomic E-state index is 13.0. The number of urea groups is 1. The number of nitrogens with one attached hydrogen (secondary N) is 2. The molecule has 0 radical (unpaired) electrons. The minimum Gasteiger partial charge on any atom is -0.324 e. The predicted molar refractivity (Wildman–Crippen MR) is 82.8 cm³/mol. The molecule has 1 unspecified atom stereocenters. The Hall–Kier alpha value is -2.40.